The fourth-order valence-corrected chi connectivity index (χ4v) is 1.48. The van der Waals surface area contributed by atoms with Crippen LogP contribution in [0.5, 0.6) is 0 Å². The van der Waals surface area contributed by atoms with Gasteiger partial charge >= 0.3 is 10.1 Å². The minimum atomic E-state index is -4.52. The van der Waals surface area contributed by atoms with E-state index < -0.39 is 25.6 Å². The average molecular weight is 226 g/mol. The number of nitro groups is 1. The Morgan fingerprint density at radius 2 is 1.79 bits per heavy atom. The van der Waals surface area contributed by atoms with Crippen molar-refractivity contribution in [3.8, 4) is 0 Å². The van der Waals surface area contributed by atoms with Gasteiger partial charge in [0.2, 0.25) is 0 Å². The first-order valence-electron chi connectivity index (χ1n) is 3.14. The van der Waals surface area contributed by atoms with E-state index in [1.54, 1.807) is 0 Å². The SMILES string of the molecule is O=[N+]([O-])c1ccccc1S(=O)(=O)O.[Na]. The summed E-state index contributed by atoms with van der Waals surface area (Å²) in [6, 6.07) is 4.57. The predicted molar refractivity (Wildman–Crippen MR) is 48.7 cm³/mol. The fraction of sp³-hybridized carbons (Fsp3) is 0. The number of nitrogens with zero attached hydrogens (tertiary/aromatic N) is 1. The van der Waals surface area contributed by atoms with Crippen LogP contribution in [-0.4, -0.2) is 47.5 Å². The second-order valence-electron chi connectivity index (χ2n) is 2.20. The second kappa shape index (κ2) is 4.85. The molecule has 71 valence electrons. The van der Waals surface area contributed by atoms with Gasteiger partial charge in [0.05, 0.1) is 4.92 Å². The molecule has 0 amide bonds. The van der Waals surface area contributed by atoms with Gasteiger partial charge in [-0.2, -0.15) is 8.42 Å². The minimum Gasteiger partial charge on any atom is -0.282 e. The van der Waals surface area contributed by atoms with Gasteiger partial charge in [0.15, 0.2) is 4.90 Å². The van der Waals surface area contributed by atoms with Crippen molar-refractivity contribution < 1.29 is 17.9 Å². The molecule has 0 spiro atoms. The normalized spacial score (nSPS) is 10.4. The van der Waals surface area contributed by atoms with Gasteiger partial charge in [-0.25, -0.2) is 0 Å². The zero-order valence-corrected chi connectivity index (χ0v) is 10.1. The van der Waals surface area contributed by atoms with Gasteiger partial charge in [-0.15, -0.1) is 0 Å². The molecule has 1 aromatic carbocycles. The monoisotopic (exact) mass is 226 g/mol. The van der Waals surface area contributed by atoms with Crippen molar-refractivity contribution >= 4 is 45.4 Å². The number of hydrogen-bond acceptors (Lipinski definition) is 4. The summed E-state index contributed by atoms with van der Waals surface area (Å²) in [6.45, 7) is 0. The van der Waals surface area contributed by atoms with Crippen LogP contribution in [-0.2, 0) is 10.1 Å². The van der Waals surface area contributed by atoms with Gasteiger partial charge in [-0.3, -0.25) is 14.7 Å². The second-order valence-corrected chi connectivity index (χ2v) is 3.59. The first kappa shape index (κ1) is 13.5. The zero-order chi connectivity index (χ0) is 10.1. The van der Waals surface area contributed by atoms with Crippen molar-refractivity contribution in [2.24, 2.45) is 0 Å². The van der Waals surface area contributed by atoms with E-state index in [2.05, 4.69) is 0 Å². The number of benzene rings is 1. The van der Waals surface area contributed by atoms with E-state index in [9.17, 15) is 18.5 Å². The Morgan fingerprint density at radius 3 is 2.14 bits per heavy atom. The first-order chi connectivity index (χ1) is 5.93. The van der Waals surface area contributed by atoms with Gasteiger partial charge in [0.1, 0.15) is 0 Å². The van der Waals surface area contributed by atoms with Crippen LogP contribution in [0, 0.1) is 10.1 Å². The van der Waals surface area contributed by atoms with E-state index in [-0.39, 0.29) is 29.6 Å². The molecule has 14 heavy (non-hydrogen) atoms. The Balaban J connectivity index is 0.00000169. The quantitative estimate of drug-likeness (QED) is 0.342. The Hall–Kier alpha value is -0.470. The average Bonchev–Trinajstić information content (AvgIpc) is 2.03. The fourth-order valence-electron chi connectivity index (χ4n) is 0.826. The van der Waals surface area contributed by atoms with Gasteiger partial charge < -0.3 is 0 Å². The molecule has 0 aliphatic heterocycles. The van der Waals surface area contributed by atoms with Crippen LogP contribution >= 0.6 is 0 Å². The Labute approximate surface area is 102 Å². The molecule has 1 aromatic rings. The molecule has 0 saturated carbocycles. The molecule has 0 unspecified atom stereocenters. The standard InChI is InChI=1S/C6H5NO5S.Na/c8-7(9)5-3-1-2-4-6(5)13(10,11)12;/h1-4H,(H,10,11,12);. The Kier molecular flexibility index (Phi) is 4.69. The van der Waals surface area contributed by atoms with Crippen LogP contribution < -0.4 is 0 Å². The third-order valence-electron chi connectivity index (χ3n) is 1.34. The van der Waals surface area contributed by atoms with Gasteiger partial charge in [-0.05, 0) is 6.07 Å². The molecule has 1 N–H and O–H groups in total. The first-order valence-corrected chi connectivity index (χ1v) is 4.58. The summed E-state index contributed by atoms with van der Waals surface area (Å²) in [5.74, 6) is 0. The summed E-state index contributed by atoms with van der Waals surface area (Å²) >= 11 is 0. The zero-order valence-electron chi connectivity index (χ0n) is 7.25. The van der Waals surface area contributed by atoms with E-state index in [0.29, 0.717) is 0 Å². The third kappa shape index (κ3) is 3.03. The van der Waals surface area contributed by atoms with Crippen molar-refractivity contribution in [3.05, 3.63) is 34.4 Å². The van der Waals surface area contributed by atoms with Crippen LogP contribution in [0.25, 0.3) is 0 Å². The number of hydrogen-bond donors (Lipinski definition) is 1. The smallest absolute Gasteiger partial charge is 0.282 e. The number of rotatable bonds is 2. The maximum Gasteiger partial charge on any atom is 0.301 e. The molecule has 0 aromatic heterocycles. The van der Waals surface area contributed by atoms with Crippen molar-refractivity contribution in [2.75, 3.05) is 0 Å². The molecule has 8 heteroatoms. The van der Waals surface area contributed by atoms with Gasteiger partial charge in [0.25, 0.3) is 5.69 Å². The summed E-state index contributed by atoms with van der Waals surface area (Å²) in [5, 5.41) is 10.3. The van der Waals surface area contributed by atoms with E-state index >= 15 is 0 Å². The van der Waals surface area contributed by atoms with E-state index in [4.69, 9.17) is 4.55 Å². The van der Waals surface area contributed by atoms with Crippen molar-refractivity contribution in [1.29, 1.82) is 0 Å². The topological polar surface area (TPSA) is 97.5 Å². The van der Waals surface area contributed by atoms with Crippen molar-refractivity contribution in [2.45, 2.75) is 4.90 Å². The molecular weight excluding hydrogens is 221 g/mol. The van der Waals surface area contributed by atoms with Crippen molar-refractivity contribution in [1.82, 2.24) is 0 Å². The van der Waals surface area contributed by atoms with Crippen LogP contribution in [0.4, 0.5) is 5.69 Å². The van der Waals surface area contributed by atoms with Crippen LogP contribution in [0.2, 0.25) is 0 Å². The molecule has 0 aliphatic rings. The molecule has 0 fully saturated rings. The largest absolute Gasteiger partial charge is 0.301 e. The van der Waals surface area contributed by atoms with Crippen molar-refractivity contribution in [3.63, 3.8) is 0 Å². The summed E-state index contributed by atoms with van der Waals surface area (Å²) in [7, 11) is -4.52. The van der Waals surface area contributed by atoms with Gasteiger partial charge in [0, 0.05) is 35.6 Å². The van der Waals surface area contributed by atoms with Crippen LogP contribution in [0.15, 0.2) is 29.2 Å². The minimum absolute atomic E-state index is 0. The Morgan fingerprint density at radius 1 is 1.29 bits per heavy atom. The molecule has 0 atom stereocenters. The molecule has 0 bridgehead atoms. The third-order valence-corrected chi connectivity index (χ3v) is 2.24. The predicted octanol–water partition coefficient (Wildman–Crippen LogP) is 0.461. The molecule has 1 radical (unpaired) electrons. The Bertz CT molecular complexity index is 443. The van der Waals surface area contributed by atoms with Crippen LogP contribution in [0.3, 0.4) is 0 Å². The maximum atomic E-state index is 10.6. The van der Waals surface area contributed by atoms with E-state index in [1.807, 2.05) is 0 Å². The van der Waals surface area contributed by atoms with E-state index in [0.717, 1.165) is 12.1 Å². The number of nitro benzene ring substituents is 1. The molecule has 0 heterocycles. The summed E-state index contributed by atoms with van der Waals surface area (Å²) in [5.41, 5.74) is -0.634. The molecule has 0 saturated heterocycles. The molecule has 6 nitrogen and oxygen atoms in total. The number of para-hydroxylation sites is 1. The molecular formula is C6H5NNaO5S. The summed E-state index contributed by atoms with van der Waals surface area (Å²) < 4.78 is 29.8. The molecule has 1 rings (SSSR count). The van der Waals surface area contributed by atoms with Crippen LogP contribution in [0.1, 0.15) is 0 Å². The molecule has 0 aliphatic carbocycles. The van der Waals surface area contributed by atoms with E-state index in [1.165, 1.54) is 12.1 Å². The summed E-state index contributed by atoms with van der Waals surface area (Å²) in [6.07, 6.45) is 0. The van der Waals surface area contributed by atoms with Gasteiger partial charge in [-0.1, -0.05) is 12.1 Å². The maximum absolute atomic E-state index is 10.6. The summed E-state index contributed by atoms with van der Waals surface area (Å²) in [4.78, 5) is 8.73.